The highest BCUT2D eigenvalue weighted by molar-refractivity contribution is 5.95. The van der Waals surface area contributed by atoms with Gasteiger partial charge in [0.15, 0.2) is 0 Å². The number of rotatable bonds is 5. The number of benzene rings is 3. The zero-order valence-electron chi connectivity index (χ0n) is 19.8. The number of nitrogen functional groups attached to an aromatic ring is 2. The van der Waals surface area contributed by atoms with Crippen LogP contribution in [0.3, 0.4) is 0 Å². The zero-order chi connectivity index (χ0) is 26.1. The molecule has 6 N–H and O–H groups in total. The first-order valence-electron chi connectivity index (χ1n) is 11.5. The van der Waals surface area contributed by atoms with Crippen LogP contribution < -0.4 is 22.1 Å². The van der Waals surface area contributed by atoms with Crippen molar-refractivity contribution in [3.8, 4) is 17.2 Å². The minimum absolute atomic E-state index is 0.321. The van der Waals surface area contributed by atoms with Crippen LogP contribution in [0.15, 0.2) is 79.5 Å². The molecule has 0 unspecified atom stereocenters. The minimum atomic E-state index is 0.321. The lowest BCUT2D eigenvalue weighted by Gasteiger charge is -2.11. The standard InChI is InChI=1S/C27H19N11/c28-12-17-8-16(10-21-24(17)33-14-35-26(21)30)15-2-1-3-18(9-15)37-27-31-7-6-23(38-27)36-19-4-5-22-20(11-19)25(29)34-13-32-22/h1-11,13-14H,(H2,29,32,34)(H2,30,33,35)(H2,31,36,37,38). The summed E-state index contributed by atoms with van der Waals surface area (Å²) in [7, 11) is 0. The van der Waals surface area contributed by atoms with Crippen LogP contribution in [0.25, 0.3) is 32.9 Å². The van der Waals surface area contributed by atoms with Crippen molar-refractivity contribution in [2.24, 2.45) is 0 Å². The third-order valence-electron chi connectivity index (χ3n) is 5.94. The maximum absolute atomic E-state index is 9.65. The lowest BCUT2D eigenvalue weighted by atomic mass is 9.99. The van der Waals surface area contributed by atoms with Crippen molar-refractivity contribution in [3.05, 3.63) is 85.1 Å². The predicted molar refractivity (Wildman–Crippen MR) is 147 cm³/mol. The van der Waals surface area contributed by atoms with E-state index in [1.807, 2.05) is 48.5 Å². The Balaban J connectivity index is 1.27. The summed E-state index contributed by atoms with van der Waals surface area (Å²) in [5, 5.41) is 17.5. The number of nitrogens with two attached hydrogens (primary N) is 2. The fourth-order valence-corrected chi connectivity index (χ4v) is 4.14. The first-order valence-corrected chi connectivity index (χ1v) is 11.5. The zero-order valence-corrected chi connectivity index (χ0v) is 19.8. The molecule has 3 heterocycles. The van der Waals surface area contributed by atoms with E-state index < -0.39 is 0 Å². The first-order chi connectivity index (χ1) is 18.6. The third kappa shape index (κ3) is 4.29. The molecule has 0 bridgehead atoms. The molecule has 0 amide bonds. The van der Waals surface area contributed by atoms with E-state index in [9.17, 15) is 5.26 Å². The molecule has 3 aromatic heterocycles. The second-order valence-corrected chi connectivity index (χ2v) is 8.38. The van der Waals surface area contributed by atoms with Crippen LogP contribution in [0.1, 0.15) is 5.56 Å². The summed E-state index contributed by atoms with van der Waals surface area (Å²) in [5.41, 5.74) is 17.0. The van der Waals surface area contributed by atoms with Crippen molar-refractivity contribution in [1.82, 2.24) is 29.9 Å². The summed E-state index contributed by atoms with van der Waals surface area (Å²) in [5.74, 6) is 1.73. The largest absolute Gasteiger partial charge is 0.383 e. The molecule has 0 saturated heterocycles. The number of hydrogen-bond donors (Lipinski definition) is 4. The second-order valence-electron chi connectivity index (χ2n) is 8.38. The summed E-state index contributed by atoms with van der Waals surface area (Å²) in [6.45, 7) is 0. The van der Waals surface area contributed by atoms with E-state index in [0.717, 1.165) is 33.4 Å². The van der Waals surface area contributed by atoms with E-state index in [0.29, 0.717) is 39.9 Å². The summed E-state index contributed by atoms with van der Waals surface area (Å²) >= 11 is 0. The van der Waals surface area contributed by atoms with Gasteiger partial charge >= 0.3 is 0 Å². The number of nitriles is 1. The van der Waals surface area contributed by atoms with Gasteiger partial charge in [0.1, 0.15) is 36.2 Å². The number of hydrogen-bond acceptors (Lipinski definition) is 11. The molecule has 0 spiro atoms. The molecule has 3 aromatic carbocycles. The van der Waals surface area contributed by atoms with Gasteiger partial charge in [0.25, 0.3) is 0 Å². The van der Waals surface area contributed by atoms with E-state index in [1.165, 1.54) is 12.7 Å². The maximum Gasteiger partial charge on any atom is 0.229 e. The van der Waals surface area contributed by atoms with E-state index in [-0.39, 0.29) is 0 Å². The lowest BCUT2D eigenvalue weighted by Crippen LogP contribution is -2.01. The molecule has 0 atom stereocenters. The average Bonchev–Trinajstić information content (AvgIpc) is 2.94. The molecule has 0 saturated carbocycles. The maximum atomic E-state index is 9.65. The van der Waals surface area contributed by atoms with Crippen LogP contribution >= 0.6 is 0 Å². The molecule has 6 aromatic rings. The van der Waals surface area contributed by atoms with Gasteiger partial charge in [-0.2, -0.15) is 10.2 Å². The molecule has 11 nitrogen and oxygen atoms in total. The molecule has 0 aliphatic rings. The van der Waals surface area contributed by atoms with Crippen molar-refractivity contribution in [1.29, 1.82) is 5.26 Å². The van der Waals surface area contributed by atoms with Gasteiger partial charge in [-0.1, -0.05) is 12.1 Å². The molecule has 11 heteroatoms. The summed E-state index contributed by atoms with van der Waals surface area (Å²) in [6, 6.07) is 21.0. The Morgan fingerprint density at radius 3 is 2.39 bits per heavy atom. The Kier molecular flexibility index (Phi) is 5.51. The summed E-state index contributed by atoms with van der Waals surface area (Å²) < 4.78 is 0. The van der Waals surface area contributed by atoms with Crippen LogP contribution in [0.2, 0.25) is 0 Å². The Labute approximate surface area is 216 Å². The fraction of sp³-hybridized carbons (Fsp3) is 0. The smallest absolute Gasteiger partial charge is 0.229 e. The van der Waals surface area contributed by atoms with Crippen molar-refractivity contribution >= 4 is 56.6 Å². The van der Waals surface area contributed by atoms with Crippen LogP contribution in [-0.2, 0) is 0 Å². The van der Waals surface area contributed by atoms with Crippen molar-refractivity contribution in [2.75, 3.05) is 22.1 Å². The van der Waals surface area contributed by atoms with Gasteiger partial charge in [0, 0.05) is 28.3 Å². The van der Waals surface area contributed by atoms with Gasteiger partial charge in [0.2, 0.25) is 5.95 Å². The lowest BCUT2D eigenvalue weighted by molar-refractivity contribution is 1.17. The molecule has 0 radical (unpaired) electrons. The van der Waals surface area contributed by atoms with Crippen LogP contribution in [-0.4, -0.2) is 29.9 Å². The first kappa shape index (κ1) is 22.6. The second kappa shape index (κ2) is 9.29. The summed E-state index contributed by atoms with van der Waals surface area (Å²) in [6.07, 6.45) is 4.45. The number of nitrogens with one attached hydrogen (secondary N) is 2. The molecule has 0 fully saturated rings. The van der Waals surface area contributed by atoms with Crippen LogP contribution in [0.5, 0.6) is 0 Å². The van der Waals surface area contributed by atoms with E-state index in [4.69, 9.17) is 11.5 Å². The highest BCUT2D eigenvalue weighted by atomic mass is 15.1. The Morgan fingerprint density at radius 1 is 0.711 bits per heavy atom. The molecular weight excluding hydrogens is 478 g/mol. The van der Waals surface area contributed by atoms with Crippen molar-refractivity contribution in [3.63, 3.8) is 0 Å². The van der Waals surface area contributed by atoms with Gasteiger partial charge in [-0.25, -0.2) is 24.9 Å². The minimum Gasteiger partial charge on any atom is -0.383 e. The normalized spacial score (nSPS) is 10.8. The SMILES string of the molecule is N#Cc1cc(-c2cccc(Nc3nccc(Nc4ccc5ncnc(N)c5c4)n3)c2)cc2c(N)ncnc12. The Morgan fingerprint density at radius 2 is 1.53 bits per heavy atom. The van der Waals surface area contributed by atoms with Gasteiger partial charge in [-0.15, -0.1) is 0 Å². The van der Waals surface area contributed by atoms with Crippen LogP contribution in [0, 0.1) is 11.3 Å². The highest BCUT2D eigenvalue weighted by Gasteiger charge is 2.11. The number of nitrogens with zero attached hydrogens (tertiary/aromatic N) is 7. The monoisotopic (exact) mass is 497 g/mol. The molecule has 6 rings (SSSR count). The molecule has 0 aliphatic heterocycles. The van der Waals surface area contributed by atoms with E-state index in [1.54, 1.807) is 18.3 Å². The Bertz CT molecular complexity index is 1880. The Hall–Kier alpha value is -5.89. The quantitative estimate of drug-likeness (QED) is 0.262. The van der Waals surface area contributed by atoms with Gasteiger partial charge < -0.3 is 22.1 Å². The van der Waals surface area contributed by atoms with Crippen molar-refractivity contribution in [2.45, 2.75) is 0 Å². The molecular formula is C27H19N11. The van der Waals surface area contributed by atoms with Gasteiger partial charge in [0.05, 0.1) is 16.6 Å². The summed E-state index contributed by atoms with van der Waals surface area (Å²) in [4.78, 5) is 25.5. The van der Waals surface area contributed by atoms with Gasteiger partial charge in [-0.05, 0) is 59.7 Å². The fourth-order valence-electron chi connectivity index (χ4n) is 4.14. The number of anilines is 6. The number of aromatic nitrogens is 6. The third-order valence-corrected chi connectivity index (χ3v) is 5.94. The number of fused-ring (bicyclic) bond motifs is 2. The van der Waals surface area contributed by atoms with E-state index >= 15 is 0 Å². The molecule has 0 aliphatic carbocycles. The molecule has 182 valence electrons. The topological polar surface area (TPSA) is 177 Å². The molecule has 38 heavy (non-hydrogen) atoms. The highest BCUT2D eigenvalue weighted by Crippen LogP contribution is 2.30. The van der Waals surface area contributed by atoms with Gasteiger partial charge in [-0.3, -0.25) is 0 Å². The predicted octanol–water partition coefficient (Wildman–Crippen LogP) is 4.55. The average molecular weight is 498 g/mol. The van der Waals surface area contributed by atoms with E-state index in [2.05, 4.69) is 46.6 Å². The van der Waals surface area contributed by atoms with Crippen LogP contribution in [0.4, 0.5) is 34.8 Å². The van der Waals surface area contributed by atoms with Crippen molar-refractivity contribution < 1.29 is 0 Å².